The predicted octanol–water partition coefficient (Wildman–Crippen LogP) is 8.08. The third-order valence-electron chi connectivity index (χ3n) is 12.6. The summed E-state index contributed by atoms with van der Waals surface area (Å²) in [4.78, 5) is 37.9. The van der Waals surface area contributed by atoms with Crippen molar-refractivity contribution in [2.75, 3.05) is 19.7 Å². The molecule has 0 amide bonds. The molecule has 0 spiro atoms. The number of carboxylic acid groups (broad SMARTS) is 1. The van der Waals surface area contributed by atoms with Crippen molar-refractivity contribution in [2.45, 2.75) is 117 Å². The summed E-state index contributed by atoms with van der Waals surface area (Å²) in [6.07, 6.45) is 11.0. The van der Waals surface area contributed by atoms with Crippen molar-refractivity contribution in [1.29, 1.82) is 0 Å². The summed E-state index contributed by atoms with van der Waals surface area (Å²) in [6.45, 7) is 13.4. The minimum Gasteiger partial charge on any atom is -0.485 e. The molecule has 56 heavy (non-hydrogen) atoms. The summed E-state index contributed by atoms with van der Waals surface area (Å²) in [5, 5.41) is 19.0. The first-order chi connectivity index (χ1) is 26.8. The van der Waals surface area contributed by atoms with E-state index in [0.29, 0.717) is 30.8 Å². The van der Waals surface area contributed by atoms with E-state index in [-0.39, 0.29) is 48.5 Å². The van der Waals surface area contributed by atoms with Crippen LogP contribution < -0.4 is 9.47 Å². The van der Waals surface area contributed by atoms with E-state index >= 15 is 0 Å². The fraction of sp³-hybridized carbons (Fsp3) is 0.587. The molecule has 2 aromatic rings. The highest BCUT2D eigenvalue weighted by atomic mass is 16.6. The number of cyclic esters (lactones) is 1. The van der Waals surface area contributed by atoms with E-state index in [2.05, 4.69) is 61.2 Å². The average molecular weight is 772 g/mol. The Bertz CT molecular complexity index is 1730. The number of benzene rings is 2. The first-order valence-electron chi connectivity index (χ1n) is 20.7. The highest BCUT2D eigenvalue weighted by Crippen LogP contribution is 2.46. The van der Waals surface area contributed by atoms with Gasteiger partial charge < -0.3 is 29.2 Å². The van der Waals surface area contributed by atoms with Crippen molar-refractivity contribution in [3.63, 3.8) is 0 Å². The number of carbonyl (C=O) groups is 3. The fourth-order valence-electron chi connectivity index (χ4n) is 8.70. The van der Waals surface area contributed by atoms with Gasteiger partial charge >= 0.3 is 17.9 Å². The first-order valence-corrected chi connectivity index (χ1v) is 20.7. The van der Waals surface area contributed by atoms with E-state index in [9.17, 15) is 19.5 Å². The average Bonchev–Trinajstić information content (AvgIpc) is 3.17. The van der Waals surface area contributed by atoms with Gasteiger partial charge in [-0.3, -0.25) is 19.3 Å². The Labute approximate surface area is 332 Å². The maximum Gasteiger partial charge on any atom is 0.311 e. The Morgan fingerprint density at radius 1 is 0.964 bits per heavy atom. The molecule has 0 aromatic heterocycles. The van der Waals surface area contributed by atoms with E-state index in [1.165, 1.54) is 11.1 Å². The lowest BCUT2D eigenvalue weighted by Gasteiger charge is -2.44. The van der Waals surface area contributed by atoms with E-state index in [1.807, 2.05) is 45.0 Å². The van der Waals surface area contributed by atoms with Crippen molar-refractivity contribution in [1.82, 2.24) is 4.90 Å². The second-order valence-electron chi connectivity index (χ2n) is 17.2. The molecular formula is C46H61NO9. The minimum atomic E-state index is -0.662. The quantitative estimate of drug-likeness (QED) is 0.229. The molecule has 304 valence electrons. The van der Waals surface area contributed by atoms with E-state index in [0.717, 1.165) is 75.2 Å². The van der Waals surface area contributed by atoms with Crippen LogP contribution in [0.3, 0.4) is 0 Å². The standard InChI is InChI=1S/C25H38O5.C21H23NO4/c1-6-25(4,5)24(28)30-21-12-15(2)11-17-8-7-16(3)20(23(17)21)10-9-19-13-18(26)14-22(27)29-19;23-21(24)17-9-11-22(12-10-17)13-15-5-7-16(8-6-15)20-14-25-18-3-1-2-4-19(18)26-20/h7-8,11,15-16,18-21,23,26H,6,9-10,12-14H2,1-5H3;1-8,17,20H,9-14H2,(H,23,24)/t15-,16-,18+,19+,20-,21-,23-;20-/m01/s1. The van der Waals surface area contributed by atoms with E-state index < -0.39 is 17.5 Å². The number of likely N-dealkylation sites (tertiary alicyclic amines) is 1. The number of aliphatic hydroxyl groups is 1. The van der Waals surface area contributed by atoms with E-state index in [4.69, 9.17) is 24.1 Å². The van der Waals surface area contributed by atoms with Crippen molar-refractivity contribution in [2.24, 2.45) is 35.0 Å². The molecule has 8 atom stereocenters. The van der Waals surface area contributed by atoms with Crippen LogP contribution in [0.2, 0.25) is 0 Å². The summed E-state index contributed by atoms with van der Waals surface area (Å²) >= 11 is 0. The van der Waals surface area contributed by atoms with Gasteiger partial charge in [-0.1, -0.05) is 75.4 Å². The van der Waals surface area contributed by atoms with Crippen molar-refractivity contribution < 1.29 is 43.5 Å². The number of ether oxygens (including phenoxy) is 4. The molecule has 7 rings (SSSR count). The molecule has 0 saturated carbocycles. The molecule has 2 fully saturated rings. The number of rotatable bonds is 10. The lowest BCUT2D eigenvalue weighted by atomic mass is 9.65. The molecule has 2 aromatic carbocycles. The van der Waals surface area contributed by atoms with Gasteiger partial charge in [0.05, 0.1) is 23.9 Å². The van der Waals surface area contributed by atoms with E-state index in [1.54, 1.807) is 0 Å². The Morgan fingerprint density at radius 2 is 1.68 bits per heavy atom. The zero-order valence-corrected chi connectivity index (χ0v) is 33.7. The maximum absolute atomic E-state index is 12.9. The summed E-state index contributed by atoms with van der Waals surface area (Å²) in [5.74, 6) is 1.52. The normalized spacial score (nSPS) is 29.2. The van der Waals surface area contributed by atoms with Crippen LogP contribution in [0.5, 0.6) is 11.5 Å². The zero-order valence-electron chi connectivity index (χ0n) is 33.7. The topological polar surface area (TPSA) is 132 Å². The number of piperidine rings is 1. The molecule has 3 aliphatic heterocycles. The van der Waals surface area contributed by atoms with Gasteiger partial charge in [0, 0.05) is 18.9 Å². The number of para-hydroxylation sites is 2. The second-order valence-corrected chi connectivity index (χ2v) is 17.2. The summed E-state index contributed by atoms with van der Waals surface area (Å²) < 4.78 is 23.5. The molecule has 2 aliphatic carbocycles. The van der Waals surface area contributed by atoms with Crippen LogP contribution in [0, 0.1) is 35.0 Å². The van der Waals surface area contributed by atoms with Crippen LogP contribution in [-0.4, -0.2) is 71.0 Å². The lowest BCUT2D eigenvalue weighted by Crippen LogP contribution is -2.43. The number of allylic oxidation sites excluding steroid dienone is 3. The Kier molecular flexibility index (Phi) is 13.6. The van der Waals surface area contributed by atoms with Gasteiger partial charge in [-0.05, 0) is 112 Å². The molecule has 3 heterocycles. The number of carbonyl (C=O) groups excluding carboxylic acids is 2. The Balaban J connectivity index is 0.000000191. The number of hydrogen-bond acceptors (Lipinski definition) is 9. The lowest BCUT2D eigenvalue weighted by molar-refractivity contribution is -0.166. The number of aliphatic carboxylic acids is 1. The predicted molar refractivity (Wildman–Crippen MR) is 213 cm³/mol. The fourth-order valence-corrected chi connectivity index (χ4v) is 8.70. The maximum atomic E-state index is 12.9. The number of carboxylic acids is 1. The van der Waals surface area contributed by atoms with Crippen LogP contribution >= 0.6 is 0 Å². The summed E-state index contributed by atoms with van der Waals surface area (Å²) in [6, 6.07) is 16.2. The third-order valence-corrected chi connectivity index (χ3v) is 12.6. The van der Waals surface area contributed by atoms with Gasteiger partial charge in [-0.2, -0.15) is 0 Å². The van der Waals surface area contributed by atoms with Gasteiger partial charge in [-0.25, -0.2) is 0 Å². The van der Waals surface area contributed by atoms with Crippen LogP contribution in [0.1, 0.15) is 103 Å². The Hall–Kier alpha value is -4.15. The number of esters is 2. The molecule has 2 saturated heterocycles. The summed E-state index contributed by atoms with van der Waals surface area (Å²) in [5.41, 5.74) is 3.12. The third kappa shape index (κ3) is 10.4. The Morgan fingerprint density at radius 3 is 2.36 bits per heavy atom. The molecule has 10 heteroatoms. The number of nitrogens with zero attached hydrogens (tertiary/aromatic N) is 1. The van der Waals surface area contributed by atoms with Gasteiger partial charge in [0.25, 0.3) is 0 Å². The minimum absolute atomic E-state index is 0.0924. The molecule has 2 N–H and O–H groups in total. The summed E-state index contributed by atoms with van der Waals surface area (Å²) in [7, 11) is 0. The largest absolute Gasteiger partial charge is 0.485 e. The first kappa shape index (κ1) is 41.5. The number of aliphatic hydroxyl groups excluding tert-OH is 1. The smallest absolute Gasteiger partial charge is 0.311 e. The SMILES string of the molecule is CCC(C)(C)C(=O)O[C@H]1C[C@@H](C)C=C2C=C[C@H](C)[C@H](CC[C@@H]3C[C@@H](O)CC(=O)O3)[C@H]21.O=C(O)C1CCN(Cc2ccc([C@H]3COc4ccccc4O3)cc2)CC1. The van der Waals surface area contributed by atoms with Crippen LogP contribution in [0.25, 0.3) is 0 Å². The van der Waals surface area contributed by atoms with Gasteiger partial charge in [0.1, 0.15) is 18.8 Å². The van der Waals surface area contributed by atoms with Crippen molar-refractivity contribution in [3.8, 4) is 11.5 Å². The number of fused-ring (bicyclic) bond motifs is 2. The monoisotopic (exact) mass is 771 g/mol. The van der Waals surface area contributed by atoms with Gasteiger partial charge in [-0.15, -0.1) is 0 Å². The van der Waals surface area contributed by atoms with Crippen LogP contribution in [0.15, 0.2) is 72.3 Å². The van der Waals surface area contributed by atoms with Gasteiger partial charge in [0.2, 0.25) is 0 Å². The molecule has 0 radical (unpaired) electrons. The molecular weight excluding hydrogens is 711 g/mol. The highest BCUT2D eigenvalue weighted by molar-refractivity contribution is 5.76. The van der Waals surface area contributed by atoms with Crippen molar-refractivity contribution in [3.05, 3.63) is 83.5 Å². The zero-order chi connectivity index (χ0) is 40.0. The molecule has 10 nitrogen and oxygen atoms in total. The molecule has 5 aliphatic rings. The molecule has 0 bridgehead atoms. The van der Waals surface area contributed by atoms with Crippen LogP contribution in [-0.2, 0) is 30.4 Å². The molecule has 0 unspecified atom stereocenters. The van der Waals surface area contributed by atoms with Crippen LogP contribution in [0.4, 0.5) is 0 Å². The highest BCUT2D eigenvalue weighted by Gasteiger charge is 2.43. The van der Waals surface area contributed by atoms with Gasteiger partial charge in [0.15, 0.2) is 17.6 Å². The second kappa shape index (κ2) is 18.4. The number of hydrogen-bond donors (Lipinski definition) is 2. The van der Waals surface area contributed by atoms with Crippen molar-refractivity contribution >= 4 is 17.9 Å².